The lowest BCUT2D eigenvalue weighted by molar-refractivity contribution is 0.379. The van der Waals surface area contributed by atoms with E-state index >= 15 is 0 Å². The number of nitrogens with zero attached hydrogens (tertiary/aromatic N) is 2. The van der Waals surface area contributed by atoms with Crippen LogP contribution in [-0.4, -0.2) is 42.3 Å². The van der Waals surface area contributed by atoms with Gasteiger partial charge in [0.15, 0.2) is 9.84 Å². The largest absolute Gasteiger partial charge is 0.313 e. The van der Waals surface area contributed by atoms with Crippen LogP contribution in [0.3, 0.4) is 0 Å². The summed E-state index contributed by atoms with van der Waals surface area (Å²) < 4.78 is 25.1. The molecule has 2 atom stereocenters. The van der Waals surface area contributed by atoms with E-state index in [-0.39, 0.29) is 12.0 Å². The van der Waals surface area contributed by atoms with Gasteiger partial charge in [-0.3, -0.25) is 4.68 Å². The first-order valence-electron chi connectivity index (χ1n) is 6.91. The Labute approximate surface area is 115 Å². The van der Waals surface area contributed by atoms with Crippen LogP contribution < -0.4 is 5.32 Å². The maximum Gasteiger partial charge on any atom is 0.150 e. The highest BCUT2D eigenvalue weighted by molar-refractivity contribution is 7.91. The van der Waals surface area contributed by atoms with Crippen molar-refractivity contribution in [3.63, 3.8) is 0 Å². The highest BCUT2D eigenvalue weighted by atomic mass is 32.2. The van der Waals surface area contributed by atoms with E-state index in [0.717, 1.165) is 25.8 Å². The third-order valence-electron chi connectivity index (χ3n) is 3.71. The lowest BCUT2D eigenvalue weighted by Gasteiger charge is -2.23. The molecule has 6 heteroatoms. The number of sulfone groups is 1. The van der Waals surface area contributed by atoms with Crippen LogP contribution >= 0.6 is 0 Å². The van der Waals surface area contributed by atoms with Crippen LogP contribution in [0, 0.1) is 5.92 Å². The van der Waals surface area contributed by atoms with Crippen LogP contribution in [0.5, 0.6) is 0 Å². The molecule has 2 heterocycles. The first kappa shape index (κ1) is 14.5. The highest BCUT2D eigenvalue weighted by Crippen LogP contribution is 2.24. The standard InChI is InChI=1S/C13H23N3O2S/c1-3-5-14-13(7-11-8-15-16(2)9-11)12-4-6-19(17,18)10-12/h8-9,12-14H,3-7,10H2,1-2H3. The van der Waals surface area contributed by atoms with E-state index in [4.69, 9.17) is 0 Å². The number of aromatic nitrogens is 2. The van der Waals surface area contributed by atoms with Crippen LogP contribution in [-0.2, 0) is 23.3 Å². The Morgan fingerprint density at radius 2 is 2.37 bits per heavy atom. The molecule has 0 aromatic carbocycles. The van der Waals surface area contributed by atoms with Crippen molar-refractivity contribution in [1.82, 2.24) is 15.1 Å². The van der Waals surface area contributed by atoms with E-state index in [1.54, 1.807) is 4.68 Å². The zero-order valence-corrected chi connectivity index (χ0v) is 12.5. The average molecular weight is 285 g/mol. The summed E-state index contributed by atoms with van der Waals surface area (Å²) in [5, 5.41) is 7.68. The van der Waals surface area contributed by atoms with Gasteiger partial charge in [0, 0.05) is 19.3 Å². The summed E-state index contributed by atoms with van der Waals surface area (Å²) in [4.78, 5) is 0. The van der Waals surface area contributed by atoms with Gasteiger partial charge in [-0.1, -0.05) is 6.92 Å². The molecule has 0 amide bonds. The monoisotopic (exact) mass is 285 g/mol. The maximum absolute atomic E-state index is 11.6. The van der Waals surface area contributed by atoms with Gasteiger partial charge in [0.05, 0.1) is 17.7 Å². The Hall–Kier alpha value is -0.880. The smallest absolute Gasteiger partial charge is 0.150 e. The molecule has 1 aliphatic heterocycles. The van der Waals surface area contributed by atoms with Gasteiger partial charge < -0.3 is 5.32 Å². The SMILES string of the molecule is CCCNC(Cc1cnn(C)c1)C1CCS(=O)(=O)C1. The summed E-state index contributed by atoms with van der Waals surface area (Å²) in [6.45, 7) is 3.06. The molecular weight excluding hydrogens is 262 g/mol. The minimum Gasteiger partial charge on any atom is -0.313 e. The highest BCUT2D eigenvalue weighted by Gasteiger charge is 2.33. The van der Waals surface area contributed by atoms with Crippen LogP contribution in [0.2, 0.25) is 0 Å². The molecule has 1 aromatic heterocycles. The summed E-state index contributed by atoms with van der Waals surface area (Å²) in [5.41, 5.74) is 1.17. The van der Waals surface area contributed by atoms with Gasteiger partial charge in [0.25, 0.3) is 0 Å². The lowest BCUT2D eigenvalue weighted by atomic mass is 9.94. The number of hydrogen-bond acceptors (Lipinski definition) is 4. The zero-order chi connectivity index (χ0) is 13.9. The Morgan fingerprint density at radius 1 is 1.58 bits per heavy atom. The molecule has 1 aromatic rings. The maximum atomic E-state index is 11.6. The molecule has 0 radical (unpaired) electrons. The minimum absolute atomic E-state index is 0.233. The lowest BCUT2D eigenvalue weighted by Crippen LogP contribution is -2.39. The fourth-order valence-corrected chi connectivity index (χ4v) is 4.59. The van der Waals surface area contributed by atoms with Gasteiger partial charge in [0.1, 0.15) is 0 Å². The van der Waals surface area contributed by atoms with E-state index in [1.807, 2.05) is 19.4 Å². The summed E-state index contributed by atoms with van der Waals surface area (Å²) in [5.74, 6) is 0.903. The molecule has 2 rings (SSSR count). The molecule has 5 nitrogen and oxygen atoms in total. The molecular formula is C13H23N3O2S. The number of rotatable bonds is 6. The Balaban J connectivity index is 2.03. The Bertz CT molecular complexity index is 510. The fourth-order valence-electron chi connectivity index (χ4n) is 2.71. The van der Waals surface area contributed by atoms with Crippen LogP contribution in [0.15, 0.2) is 12.4 Å². The molecule has 1 fully saturated rings. The second kappa shape index (κ2) is 6.05. The zero-order valence-electron chi connectivity index (χ0n) is 11.7. The summed E-state index contributed by atoms with van der Waals surface area (Å²) in [6.07, 6.45) is 6.56. The molecule has 108 valence electrons. The van der Waals surface area contributed by atoms with Gasteiger partial charge in [-0.05, 0) is 37.3 Å². The molecule has 1 N–H and O–H groups in total. The van der Waals surface area contributed by atoms with Gasteiger partial charge >= 0.3 is 0 Å². The molecule has 2 unspecified atom stereocenters. The van der Waals surface area contributed by atoms with Crippen LogP contribution in [0.1, 0.15) is 25.3 Å². The topological polar surface area (TPSA) is 64.0 Å². The molecule has 0 spiro atoms. The molecule has 0 aliphatic carbocycles. The second-order valence-electron chi connectivity index (χ2n) is 5.45. The van der Waals surface area contributed by atoms with Crippen molar-refractivity contribution in [2.75, 3.05) is 18.1 Å². The van der Waals surface area contributed by atoms with E-state index in [2.05, 4.69) is 17.3 Å². The average Bonchev–Trinajstić information content (AvgIpc) is 2.90. The fraction of sp³-hybridized carbons (Fsp3) is 0.769. The molecule has 0 bridgehead atoms. The van der Waals surface area contributed by atoms with Crippen molar-refractivity contribution in [2.24, 2.45) is 13.0 Å². The van der Waals surface area contributed by atoms with Gasteiger partial charge in [-0.15, -0.1) is 0 Å². The van der Waals surface area contributed by atoms with Crippen molar-refractivity contribution in [3.05, 3.63) is 18.0 Å². The third-order valence-corrected chi connectivity index (χ3v) is 5.50. The molecule has 19 heavy (non-hydrogen) atoms. The van der Waals surface area contributed by atoms with E-state index < -0.39 is 9.84 Å². The number of nitrogens with one attached hydrogen (secondary N) is 1. The molecule has 1 saturated heterocycles. The molecule has 1 aliphatic rings. The Morgan fingerprint density at radius 3 is 2.89 bits per heavy atom. The van der Waals surface area contributed by atoms with Crippen molar-refractivity contribution in [1.29, 1.82) is 0 Å². The first-order valence-corrected chi connectivity index (χ1v) is 8.73. The second-order valence-corrected chi connectivity index (χ2v) is 7.68. The predicted molar refractivity (Wildman–Crippen MR) is 75.8 cm³/mol. The predicted octanol–water partition coefficient (Wildman–Crippen LogP) is 0.766. The van der Waals surface area contributed by atoms with Gasteiger partial charge in [-0.2, -0.15) is 5.10 Å². The summed E-state index contributed by atoms with van der Waals surface area (Å²) in [7, 11) is -0.913. The van der Waals surface area contributed by atoms with Crippen LogP contribution in [0.25, 0.3) is 0 Å². The van der Waals surface area contributed by atoms with E-state index in [9.17, 15) is 8.42 Å². The Kier molecular flexibility index (Phi) is 4.62. The van der Waals surface area contributed by atoms with Crippen molar-refractivity contribution in [3.8, 4) is 0 Å². The van der Waals surface area contributed by atoms with E-state index in [1.165, 1.54) is 5.56 Å². The van der Waals surface area contributed by atoms with E-state index in [0.29, 0.717) is 11.5 Å². The van der Waals surface area contributed by atoms with Crippen molar-refractivity contribution in [2.45, 2.75) is 32.2 Å². The van der Waals surface area contributed by atoms with Crippen molar-refractivity contribution < 1.29 is 8.42 Å². The van der Waals surface area contributed by atoms with Gasteiger partial charge in [-0.25, -0.2) is 8.42 Å². The normalized spacial score (nSPS) is 23.6. The number of hydrogen-bond donors (Lipinski definition) is 1. The first-order chi connectivity index (χ1) is 9.00. The third kappa shape index (κ3) is 4.04. The van der Waals surface area contributed by atoms with Gasteiger partial charge in [0.2, 0.25) is 0 Å². The molecule has 0 saturated carbocycles. The summed E-state index contributed by atoms with van der Waals surface area (Å²) in [6, 6.07) is 0.237. The van der Waals surface area contributed by atoms with Crippen molar-refractivity contribution >= 4 is 9.84 Å². The van der Waals surface area contributed by atoms with Crippen LogP contribution in [0.4, 0.5) is 0 Å². The minimum atomic E-state index is -2.81. The quantitative estimate of drug-likeness (QED) is 0.838. The summed E-state index contributed by atoms with van der Waals surface area (Å²) >= 11 is 0. The number of aryl methyl sites for hydroxylation is 1.